The van der Waals surface area contributed by atoms with Crippen LogP contribution in [0.4, 0.5) is 34.1 Å². The second kappa shape index (κ2) is 19.7. The Bertz CT molecular complexity index is 4560. The Hall–Kier alpha value is -10.8. The van der Waals surface area contributed by atoms with E-state index in [1.165, 1.54) is 22.3 Å². The molecule has 0 saturated heterocycles. The predicted molar refractivity (Wildman–Crippen MR) is 348 cm³/mol. The highest BCUT2D eigenvalue weighted by atomic mass is 16.4. The van der Waals surface area contributed by atoms with Gasteiger partial charge >= 0.3 is 0 Å². The molecule has 0 amide bonds. The molecule has 0 fully saturated rings. The van der Waals surface area contributed by atoms with E-state index in [0.29, 0.717) is 22.9 Å². The van der Waals surface area contributed by atoms with Crippen LogP contribution in [-0.2, 0) is 5.41 Å². The zero-order chi connectivity index (χ0) is 56.9. The first-order chi connectivity index (χ1) is 41.8. The van der Waals surface area contributed by atoms with Crippen molar-refractivity contribution in [3.8, 4) is 67.4 Å². The van der Waals surface area contributed by atoms with Crippen LogP contribution in [0.15, 0.2) is 276 Å². The predicted octanol–water partition coefficient (Wildman–Crippen LogP) is 21.2. The van der Waals surface area contributed by atoms with Gasteiger partial charge in [-0.3, -0.25) is 0 Å². The minimum absolute atomic E-state index is 0.554. The number of hydrogen-bond donors (Lipinski definition) is 0. The molecule has 2 heterocycles. The molecule has 85 heavy (non-hydrogen) atoms. The van der Waals surface area contributed by atoms with Crippen LogP contribution < -0.4 is 9.80 Å². The van der Waals surface area contributed by atoms with Crippen molar-refractivity contribution in [3.05, 3.63) is 311 Å². The van der Waals surface area contributed by atoms with Gasteiger partial charge in [-0.25, -0.2) is 9.97 Å². The highest BCUT2D eigenvalue weighted by molar-refractivity contribution is 6.16. The molecule has 404 valence electrons. The van der Waals surface area contributed by atoms with E-state index in [1.807, 2.05) is 0 Å². The number of rotatable bonds is 10. The summed E-state index contributed by atoms with van der Waals surface area (Å²) in [6.45, 7) is 8.58. The van der Waals surface area contributed by atoms with Crippen molar-refractivity contribution in [2.45, 2.75) is 33.1 Å². The minimum atomic E-state index is -0.917. The molecule has 0 bridgehead atoms. The number of benzene rings is 12. The maximum atomic E-state index is 7.67. The third-order valence-electron chi connectivity index (χ3n) is 17.7. The molecule has 2 aliphatic carbocycles. The lowest BCUT2D eigenvalue weighted by molar-refractivity contribution is 0.615. The summed E-state index contributed by atoms with van der Waals surface area (Å²) in [4.78, 5) is 16.2. The molecule has 1 spiro atoms. The van der Waals surface area contributed by atoms with Crippen LogP contribution in [0, 0.1) is 27.7 Å². The summed E-state index contributed by atoms with van der Waals surface area (Å²) in [6.07, 6.45) is 0. The summed E-state index contributed by atoms with van der Waals surface area (Å²) in [5.74, 6) is 1.11. The van der Waals surface area contributed by atoms with E-state index in [4.69, 9.17) is 18.8 Å². The Balaban J connectivity index is 1.07. The van der Waals surface area contributed by atoms with Crippen molar-refractivity contribution in [3.63, 3.8) is 0 Å². The zero-order valence-corrected chi connectivity index (χ0v) is 47.5. The molecule has 16 rings (SSSR count). The summed E-state index contributed by atoms with van der Waals surface area (Å²) in [5, 5.41) is 0. The maximum absolute atomic E-state index is 7.67. The van der Waals surface area contributed by atoms with Gasteiger partial charge in [0.15, 0.2) is 11.2 Å². The lowest BCUT2D eigenvalue weighted by atomic mass is 9.70. The summed E-state index contributed by atoms with van der Waals surface area (Å²) >= 11 is 0. The van der Waals surface area contributed by atoms with Crippen molar-refractivity contribution in [1.29, 1.82) is 0 Å². The first-order valence-corrected chi connectivity index (χ1v) is 29.1. The molecule has 0 atom stereocenters. The van der Waals surface area contributed by atoms with Crippen molar-refractivity contribution < 1.29 is 8.83 Å². The van der Waals surface area contributed by atoms with Crippen LogP contribution in [-0.4, -0.2) is 9.97 Å². The van der Waals surface area contributed by atoms with E-state index in [-0.39, 0.29) is 0 Å². The molecule has 2 aromatic heterocycles. The van der Waals surface area contributed by atoms with Gasteiger partial charge in [0.05, 0.1) is 16.8 Å². The first kappa shape index (κ1) is 50.0. The van der Waals surface area contributed by atoms with Crippen molar-refractivity contribution in [2.75, 3.05) is 9.80 Å². The summed E-state index contributed by atoms with van der Waals surface area (Å²) in [6, 6.07) is 95.9. The van der Waals surface area contributed by atoms with Gasteiger partial charge in [0.2, 0.25) is 11.8 Å². The van der Waals surface area contributed by atoms with Gasteiger partial charge in [0, 0.05) is 45.0 Å². The van der Waals surface area contributed by atoms with Crippen LogP contribution >= 0.6 is 0 Å². The van der Waals surface area contributed by atoms with Crippen LogP contribution in [0.1, 0.15) is 44.5 Å². The number of fused-ring (bicyclic) bond motifs is 14. The van der Waals surface area contributed by atoms with Crippen molar-refractivity contribution in [1.82, 2.24) is 9.97 Å². The van der Waals surface area contributed by atoms with Gasteiger partial charge in [0.1, 0.15) is 11.0 Å². The maximum Gasteiger partial charge on any atom is 0.227 e. The Morgan fingerprint density at radius 1 is 0.294 bits per heavy atom. The third kappa shape index (κ3) is 7.72. The summed E-state index contributed by atoms with van der Waals surface area (Å²) in [5.41, 5.74) is 27.1. The quantitative estimate of drug-likeness (QED) is 0.136. The SMILES string of the molecule is Cc1cccc(C)c1-c1nc2c(N(c3ccccc3)c3ccc(-c4ccccc4)cc3)cc3c(c2o1)-c1c(cc(N(c2ccccc2)c2ccc(-c4ccccc4)cc2)c2nc(-c4c(C)cccc4C)oc12)C31c2ccccc2-c2ccccc21. The standard InChI is InChI=1S/C79H56N4O2/c1-49-23-21-24-50(2)69(49)77-80-73-67(82(57-31-13-7-14-32-57)59-43-39-55(40-44-59)53-27-9-5-10-28-53)47-65-71(75(73)84-77)72-66(79(65)63-37-19-17-35-61(63)62-36-18-20-38-64(62)79)48-68(74-76(72)85-78(81-74)70-51(3)25-22-26-52(70)4)83(58-33-15-8-16-34-58)60-45-41-56(42-46-60)54-29-11-6-12-30-54/h5-48H,1-4H3. The number of aromatic nitrogens is 2. The largest absolute Gasteiger partial charge is 0.435 e. The number of hydrogen-bond acceptors (Lipinski definition) is 6. The molecule has 0 saturated carbocycles. The molecule has 6 nitrogen and oxygen atoms in total. The highest BCUT2D eigenvalue weighted by Crippen LogP contribution is 2.67. The van der Waals surface area contributed by atoms with Crippen molar-refractivity contribution >= 4 is 56.3 Å². The number of para-hydroxylation sites is 2. The Labute approximate surface area is 494 Å². The fourth-order valence-electron chi connectivity index (χ4n) is 13.9. The lowest BCUT2D eigenvalue weighted by Gasteiger charge is -2.33. The average molecular weight is 1090 g/mol. The fourth-order valence-corrected chi connectivity index (χ4v) is 13.9. The topological polar surface area (TPSA) is 58.5 Å². The molecule has 14 aromatic rings. The van der Waals surface area contributed by atoms with Crippen LogP contribution in [0.5, 0.6) is 0 Å². The molecule has 0 N–H and O–H groups in total. The first-order valence-electron chi connectivity index (χ1n) is 29.1. The van der Waals surface area contributed by atoms with E-state index >= 15 is 0 Å². The Morgan fingerprint density at radius 3 is 0.988 bits per heavy atom. The number of anilines is 6. The Morgan fingerprint density at radius 2 is 0.612 bits per heavy atom. The lowest BCUT2D eigenvalue weighted by Crippen LogP contribution is -2.26. The number of oxazole rings is 2. The summed E-state index contributed by atoms with van der Waals surface area (Å²) in [7, 11) is 0. The summed E-state index contributed by atoms with van der Waals surface area (Å²) < 4.78 is 15.3. The van der Waals surface area contributed by atoms with Gasteiger partial charge < -0.3 is 18.6 Å². The van der Waals surface area contributed by atoms with E-state index < -0.39 is 5.41 Å². The monoisotopic (exact) mass is 1090 g/mol. The molecular formula is C79H56N4O2. The van der Waals surface area contributed by atoms with Gasteiger partial charge in [-0.05, 0) is 166 Å². The van der Waals surface area contributed by atoms with Crippen LogP contribution in [0.2, 0.25) is 0 Å². The number of nitrogens with zero attached hydrogens (tertiary/aromatic N) is 4. The van der Waals surface area contributed by atoms with Crippen LogP contribution in [0.25, 0.3) is 89.6 Å². The van der Waals surface area contributed by atoms with Gasteiger partial charge in [-0.15, -0.1) is 0 Å². The normalized spacial score (nSPS) is 12.6. The zero-order valence-electron chi connectivity index (χ0n) is 47.5. The van der Waals surface area contributed by atoms with E-state index in [9.17, 15) is 0 Å². The molecule has 0 radical (unpaired) electrons. The van der Waals surface area contributed by atoms with Gasteiger partial charge in [-0.1, -0.05) is 206 Å². The van der Waals surface area contributed by atoms with E-state index in [2.05, 4.69) is 304 Å². The molecule has 6 heteroatoms. The molecular weight excluding hydrogens is 1040 g/mol. The molecule has 0 unspecified atom stereocenters. The van der Waals surface area contributed by atoms with E-state index in [0.717, 1.165) is 123 Å². The Kier molecular flexibility index (Phi) is 11.6. The second-order valence-corrected chi connectivity index (χ2v) is 22.6. The average Bonchev–Trinajstić information content (AvgIpc) is 1.53. The smallest absolute Gasteiger partial charge is 0.227 e. The molecule has 2 aliphatic rings. The van der Waals surface area contributed by atoms with Crippen molar-refractivity contribution in [2.24, 2.45) is 0 Å². The van der Waals surface area contributed by atoms with E-state index in [1.54, 1.807) is 0 Å². The fraction of sp³-hybridized carbons (Fsp3) is 0.0633. The highest BCUT2D eigenvalue weighted by Gasteiger charge is 2.55. The van der Waals surface area contributed by atoms with Gasteiger partial charge in [0.25, 0.3) is 0 Å². The third-order valence-corrected chi connectivity index (χ3v) is 17.7. The van der Waals surface area contributed by atoms with Crippen LogP contribution in [0.3, 0.4) is 0 Å². The second-order valence-electron chi connectivity index (χ2n) is 22.6. The number of aryl methyl sites for hydroxylation is 4. The minimum Gasteiger partial charge on any atom is -0.435 e. The van der Waals surface area contributed by atoms with Gasteiger partial charge in [-0.2, -0.15) is 0 Å². The molecule has 0 aliphatic heterocycles. The molecule has 12 aromatic carbocycles.